The maximum atomic E-state index is 9.87. The molecule has 2 nitrogen and oxygen atoms in total. The van der Waals surface area contributed by atoms with E-state index in [9.17, 15) is 4.79 Å². The Balaban J connectivity index is 0. The fourth-order valence-corrected chi connectivity index (χ4v) is 1.90. The first-order chi connectivity index (χ1) is 6.18. The number of aliphatic carboxylic acids is 1. The van der Waals surface area contributed by atoms with Crippen molar-refractivity contribution in [2.75, 3.05) is 0 Å². The van der Waals surface area contributed by atoms with Crippen LogP contribution in [0.3, 0.4) is 0 Å². The van der Waals surface area contributed by atoms with Crippen LogP contribution in [0.25, 0.3) is 0 Å². The molecule has 0 aliphatic carbocycles. The van der Waals surface area contributed by atoms with Crippen LogP contribution in [0.15, 0.2) is 0 Å². The van der Waals surface area contributed by atoms with Crippen LogP contribution in [0, 0.1) is 0 Å². The van der Waals surface area contributed by atoms with Gasteiger partial charge in [0.15, 0.2) is 0 Å². The Morgan fingerprint density at radius 2 is 1.69 bits per heavy atom. The Kier molecular flexibility index (Phi) is 17.9. The van der Waals surface area contributed by atoms with Crippen molar-refractivity contribution >= 4 is 28.5 Å². The fraction of sp³-hybridized carbons (Fsp3) is 0.900. The summed E-state index contributed by atoms with van der Waals surface area (Å²) in [4.78, 5) is 9.87. The molecule has 3 heteroatoms. The molecular formula is C10H22O2Sn. The summed E-state index contributed by atoms with van der Waals surface area (Å²) in [6.45, 7) is 4.29. The summed E-state index contributed by atoms with van der Waals surface area (Å²) in [5, 5.41) is 8.14. The van der Waals surface area contributed by atoms with Crippen LogP contribution < -0.4 is 0 Å². The Labute approximate surface area is 95.2 Å². The van der Waals surface area contributed by atoms with Gasteiger partial charge in [-0.1, -0.05) is 19.8 Å². The molecule has 0 fully saturated rings. The molecule has 0 rings (SSSR count). The Morgan fingerprint density at radius 3 is 1.92 bits per heavy atom. The second-order valence-corrected chi connectivity index (χ2v) is 4.64. The first-order valence-corrected chi connectivity index (χ1v) is 7.43. The van der Waals surface area contributed by atoms with Gasteiger partial charge in [-0.3, -0.25) is 4.79 Å². The van der Waals surface area contributed by atoms with E-state index in [0.717, 1.165) is 19.3 Å². The molecule has 0 atom stereocenters. The van der Waals surface area contributed by atoms with Crippen molar-refractivity contribution in [3.63, 3.8) is 0 Å². The number of carboxylic acids is 1. The average Bonchev–Trinajstić information content (AvgIpc) is 2.07. The predicted octanol–water partition coefficient (Wildman–Crippen LogP) is 2.76. The molecule has 0 aliphatic rings. The number of carbonyl (C=O) groups is 1. The summed E-state index contributed by atoms with van der Waals surface area (Å²) >= 11 is 1.45. The maximum absolute atomic E-state index is 9.87. The van der Waals surface area contributed by atoms with Crippen LogP contribution in [0.2, 0.25) is 4.44 Å². The van der Waals surface area contributed by atoms with E-state index < -0.39 is 5.97 Å². The molecular weight excluding hydrogens is 271 g/mol. The van der Waals surface area contributed by atoms with Gasteiger partial charge in [-0.25, -0.2) is 0 Å². The standard InChI is InChI=1S/C6H12O2.C4H9.Sn.H/c1-2-3-4-5-6(7)8;1-3-4-2;;/h2-5H2,1H3,(H,7,8);1,3-4H2,2H3;;. The molecule has 0 aromatic carbocycles. The topological polar surface area (TPSA) is 37.3 Å². The molecule has 0 unspecified atom stereocenters. The average molecular weight is 293 g/mol. The van der Waals surface area contributed by atoms with Crippen molar-refractivity contribution in [1.29, 1.82) is 0 Å². The molecule has 0 saturated heterocycles. The van der Waals surface area contributed by atoms with Gasteiger partial charge in [0.2, 0.25) is 0 Å². The number of unbranched alkanes of at least 4 members (excludes halogenated alkanes) is 3. The van der Waals surface area contributed by atoms with E-state index in [0.29, 0.717) is 6.42 Å². The summed E-state index contributed by atoms with van der Waals surface area (Å²) in [5.74, 6) is -0.682. The molecule has 78 valence electrons. The van der Waals surface area contributed by atoms with E-state index in [2.05, 4.69) is 13.8 Å². The molecule has 0 saturated carbocycles. The van der Waals surface area contributed by atoms with Crippen LogP contribution in [-0.2, 0) is 4.79 Å². The summed E-state index contributed by atoms with van der Waals surface area (Å²) < 4.78 is 1.47. The summed E-state index contributed by atoms with van der Waals surface area (Å²) in [7, 11) is 0. The van der Waals surface area contributed by atoms with Gasteiger partial charge in [0, 0.05) is 6.42 Å². The van der Waals surface area contributed by atoms with Crippen LogP contribution >= 0.6 is 0 Å². The zero-order chi connectivity index (χ0) is 10.5. The minimum atomic E-state index is -0.682. The van der Waals surface area contributed by atoms with Crippen molar-refractivity contribution in [3.05, 3.63) is 0 Å². The summed E-state index contributed by atoms with van der Waals surface area (Å²) in [6.07, 6.45) is 6.10. The van der Waals surface area contributed by atoms with Gasteiger partial charge in [-0.05, 0) is 6.42 Å². The quantitative estimate of drug-likeness (QED) is 0.604. The van der Waals surface area contributed by atoms with E-state index in [1.54, 1.807) is 0 Å². The molecule has 0 spiro atoms. The third kappa shape index (κ3) is 24.5. The zero-order valence-corrected chi connectivity index (χ0v) is 12.2. The molecule has 0 aromatic heterocycles. The fourth-order valence-electron chi connectivity index (χ4n) is 0.730. The third-order valence-electron chi connectivity index (χ3n) is 1.55. The van der Waals surface area contributed by atoms with Gasteiger partial charge in [0.25, 0.3) is 0 Å². The van der Waals surface area contributed by atoms with E-state index in [1.165, 1.54) is 39.8 Å². The van der Waals surface area contributed by atoms with Gasteiger partial charge < -0.3 is 5.11 Å². The third-order valence-corrected chi connectivity index (χ3v) is 2.72. The normalized spacial score (nSPS) is 8.85. The zero-order valence-electron chi connectivity index (χ0n) is 8.88. The Morgan fingerprint density at radius 1 is 1.15 bits per heavy atom. The summed E-state index contributed by atoms with van der Waals surface area (Å²) in [5.41, 5.74) is 0. The number of hydrogen-bond donors (Lipinski definition) is 1. The molecule has 0 bridgehead atoms. The first-order valence-electron chi connectivity index (χ1n) is 5.10. The second-order valence-electron chi connectivity index (χ2n) is 2.99. The first kappa shape index (κ1) is 15.7. The SMILES string of the molecule is CCCCCC(=O)O.CCC[CH2][SnH]. The van der Waals surface area contributed by atoms with E-state index >= 15 is 0 Å². The number of carboxylic acid groups (broad SMARTS) is 1. The van der Waals surface area contributed by atoms with E-state index in [-0.39, 0.29) is 0 Å². The van der Waals surface area contributed by atoms with Crippen molar-refractivity contribution in [2.45, 2.75) is 56.8 Å². The van der Waals surface area contributed by atoms with Crippen LogP contribution in [0.1, 0.15) is 52.4 Å². The van der Waals surface area contributed by atoms with Crippen LogP contribution in [0.4, 0.5) is 0 Å². The van der Waals surface area contributed by atoms with Crippen molar-refractivity contribution in [3.8, 4) is 0 Å². The molecule has 2 radical (unpaired) electrons. The van der Waals surface area contributed by atoms with Gasteiger partial charge in [-0.15, -0.1) is 0 Å². The van der Waals surface area contributed by atoms with Crippen molar-refractivity contribution in [1.82, 2.24) is 0 Å². The Bertz CT molecular complexity index is 103. The van der Waals surface area contributed by atoms with Crippen molar-refractivity contribution in [2.24, 2.45) is 0 Å². The van der Waals surface area contributed by atoms with E-state index in [4.69, 9.17) is 5.11 Å². The number of hydrogen-bond acceptors (Lipinski definition) is 1. The number of rotatable bonds is 6. The molecule has 0 aliphatic heterocycles. The predicted molar refractivity (Wildman–Crippen MR) is 58.6 cm³/mol. The van der Waals surface area contributed by atoms with Crippen molar-refractivity contribution < 1.29 is 9.90 Å². The van der Waals surface area contributed by atoms with Gasteiger partial charge in [0.1, 0.15) is 0 Å². The van der Waals surface area contributed by atoms with Gasteiger partial charge in [-0.2, -0.15) is 0 Å². The van der Waals surface area contributed by atoms with Gasteiger partial charge in [0.05, 0.1) is 0 Å². The molecule has 0 amide bonds. The van der Waals surface area contributed by atoms with Crippen LogP contribution in [-0.4, -0.2) is 33.6 Å². The van der Waals surface area contributed by atoms with Gasteiger partial charge >= 0.3 is 52.7 Å². The molecule has 0 aromatic rings. The summed E-state index contributed by atoms with van der Waals surface area (Å²) in [6, 6.07) is 0. The second kappa shape index (κ2) is 14.8. The Hall–Kier alpha value is 0.269. The molecule has 13 heavy (non-hydrogen) atoms. The van der Waals surface area contributed by atoms with Crippen LogP contribution in [0.5, 0.6) is 0 Å². The minimum absolute atomic E-state index is 0.327. The monoisotopic (exact) mass is 294 g/mol. The molecule has 1 N–H and O–H groups in total. The van der Waals surface area contributed by atoms with E-state index in [1.807, 2.05) is 0 Å². The molecule has 0 heterocycles.